The predicted octanol–water partition coefficient (Wildman–Crippen LogP) is 4.02. The Hall–Kier alpha value is -2.16. The highest BCUT2D eigenvalue weighted by Gasteiger charge is 2.40. The molecule has 0 radical (unpaired) electrons. The van der Waals surface area contributed by atoms with Crippen LogP contribution in [0.15, 0.2) is 42.5 Å². The minimum atomic E-state index is -0.329. The largest absolute Gasteiger partial charge is 0.508 e. The van der Waals surface area contributed by atoms with Crippen LogP contribution in [-0.4, -0.2) is 10.7 Å². The van der Waals surface area contributed by atoms with Crippen LogP contribution >= 0.6 is 0 Å². The van der Waals surface area contributed by atoms with Crippen molar-refractivity contribution in [1.82, 2.24) is 0 Å². The van der Waals surface area contributed by atoms with E-state index in [1.54, 1.807) is 6.07 Å². The standard InChI is InChI=1S/C17H19NO2/c1-11-8-9-12(10-14(11)19)18-16-13-6-4-5-7-15(13)20-17(16,2)3/h4-10,16,18-19H,1-3H3. The van der Waals surface area contributed by atoms with Gasteiger partial charge in [0, 0.05) is 17.3 Å². The van der Waals surface area contributed by atoms with Crippen molar-refractivity contribution in [3.8, 4) is 11.5 Å². The molecule has 0 amide bonds. The Balaban J connectivity index is 1.94. The van der Waals surface area contributed by atoms with Crippen molar-refractivity contribution in [3.05, 3.63) is 53.6 Å². The van der Waals surface area contributed by atoms with Gasteiger partial charge in [0.15, 0.2) is 0 Å². The summed E-state index contributed by atoms with van der Waals surface area (Å²) in [5.41, 5.74) is 2.59. The maximum absolute atomic E-state index is 9.83. The average Bonchev–Trinajstić information content (AvgIpc) is 2.65. The van der Waals surface area contributed by atoms with Crippen LogP contribution in [0.3, 0.4) is 0 Å². The highest BCUT2D eigenvalue weighted by molar-refractivity contribution is 5.55. The monoisotopic (exact) mass is 269 g/mol. The normalized spacial score (nSPS) is 19.2. The number of hydrogen-bond donors (Lipinski definition) is 2. The number of anilines is 1. The van der Waals surface area contributed by atoms with Crippen molar-refractivity contribution in [1.29, 1.82) is 0 Å². The molecule has 1 aliphatic rings. The summed E-state index contributed by atoms with van der Waals surface area (Å²) in [6.45, 7) is 6.02. The van der Waals surface area contributed by atoms with Gasteiger partial charge < -0.3 is 15.2 Å². The van der Waals surface area contributed by atoms with Crippen LogP contribution in [0.4, 0.5) is 5.69 Å². The van der Waals surface area contributed by atoms with Gasteiger partial charge in [-0.25, -0.2) is 0 Å². The maximum Gasteiger partial charge on any atom is 0.128 e. The summed E-state index contributed by atoms with van der Waals surface area (Å²) in [5, 5.41) is 13.3. The van der Waals surface area contributed by atoms with Gasteiger partial charge in [-0.3, -0.25) is 0 Å². The van der Waals surface area contributed by atoms with Gasteiger partial charge in [-0.15, -0.1) is 0 Å². The first kappa shape index (κ1) is 12.9. The number of fused-ring (bicyclic) bond motifs is 1. The van der Waals surface area contributed by atoms with Crippen molar-refractivity contribution >= 4 is 5.69 Å². The summed E-state index contributed by atoms with van der Waals surface area (Å²) in [6.07, 6.45) is 0. The second-order valence-corrected chi connectivity index (χ2v) is 5.82. The van der Waals surface area contributed by atoms with E-state index in [1.165, 1.54) is 0 Å². The number of rotatable bonds is 2. The molecule has 0 saturated heterocycles. The zero-order valence-corrected chi connectivity index (χ0v) is 12.0. The lowest BCUT2D eigenvalue weighted by molar-refractivity contribution is 0.118. The average molecular weight is 269 g/mol. The molecule has 1 atom stereocenters. The Labute approximate surface area is 119 Å². The molecule has 0 aliphatic carbocycles. The Bertz CT molecular complexity index is 649. The molecule has 0 fully saturated rings. The van der Waals surface area contributed by atoms with Crippen molar-refractivity contribution in [2.24, 2.45) is 0 Å². The zero-order chi connectivity index (χ0) is 14.3. The number of aryl methyl sites for hydroxylation is 1. The van der Waals surface area contributed by atoms with Crippen molar-refractivity contribution in [2.75, 3.05) is 5.32 Å². The van der Waals surface area contributed by atoms with Crippen molar-refractivity contribution in [2.45, 2.75) is 32.4 Å². The lowest BCUT2D eigenvalue weighted by Gasteiger charge is -2.28. The quantitative estimate of drug-likeness (QED) is 0.865. The van der Waals surface area contributed by atoms with E-state index in [0.29, 0.717) is 5.75 Å². The minimum absolute atomic E-state index is 0.0563. The van der Waals surface area contributed by atoms with Crippen molar-refractivity contribution in [3.63, 3.8) is 0 Å². The molecule has 2 aromatic carbocycles. The van der Waals surface area contributed by atoms with Crippen LogP contribution in [0.5, 0.6) is 11.5 Å². The molecule has 3 heteroatoms. The van der Waals surface area contributed by atoms with Crippen LogP contribution in [0, 0.1) is 6.92 Å². The Morgan fingerprint density at radius 1 is 1.15 bits per heavy atom. The van der Waals surface area contributed by atoms with E-state index in [1.807, 2.05) is 37.3 Å². The van der Waals surface area contributed by atoms with Crippen LogP contribution in [-0.2, 0) is 0 Å². The third-order valence-electron chi connectivity index (χ3n) is 3.82. The van der Waals surface area contributed by atoms with E-state index < -0.39 is 0 Å². The van der Waals surface area contributed by atoms with Gasteiger partial charge in [0.1, 0.15) is 17.1 Å². The van der Waals surface area contributed by atoms with E-state index in [2.05, 4.69) is 25.2 Å². The fraction of sp³-hybridized carbons (Fsp3) is 0.294. The Kier molecular flexibility index (Phi) is 2.85. The van der Waals surface area contributed by atoms with Gasteiger partial charge in [0.2, 0.25) is 0 Å². The van der Waals surface area contributed by atoms with Crippen molar-refractivity contribution < 1.29 is 9.84 Å². The van der Waals surface area contributed by atoms with E-state index in [4.69, 9.17) is 4.74 Å². The van der Waals surface area contributed by atoms with Crippen LogP contribution < -0.4 is 10.1 Å². The summed E-state index contributed by atoms with van der Waals surface area (Å²) >= 11 is 0. The topological polar surface area (TPSA) is 41.5 Å². The number of nitrogens with one attached hydrogen (secondary N) is 1. The van der Waals surface area contributed by atoms with Gasteiger partial charge in [-0.2, -0.15) is 0 Å². The molecule has 104 valence electrons. The highest BCUT2D eigenvalue weighted by atomic mass is 16.5. The number of benzene rings is 2. The van der Waals surface area contributed by atoms with E-state index in [9.17, 15) is 5.11 Å². The minimum Gasteiger partial charge on any atom is -0.508 e. The van der Waals surface area contributed by atoms with Gasteiger partial charge in [-0.1, -0.05) is 24.3 Å². The third kappa shape index (κ3) is 2.09. The third-order valence-corrected chi connectivity index (χ3v) is 3.82. The molecule has 2 N–H and O–H groups in total. The summed E-state index contributed by atoms with van der Waals surface area (Å²) in [4.78, 5) is 0. The summed E-state index contributed by atoms with van der Waals surface area (Å²) in [5.74, 6) is 1.23. The molecule has 20 heavy (non-hydrogen) atoms. The predicted molar refractivity (Wildman–Crippen MR) is 80.4 cm³/mol. The molecule has 2 aromatic rings. The van der Waals surface area contributed by atoms with Gasteiger partial charge in [0.05, 0.1) is 6.04 Å². The summed E-state index contributed by atoms with van der Waals surface area (Å²) in [6, 6.07) is 13.8. The molecule has 3 rings (SSSR count). The number of ether oxygens (including phenoxy) is 1. The smallest absolute Gasteiger partial charge is 0.128 e. The number of hydrogen-bond acceptors (Lipinski definition) is 3. The molecule has 1 unspecified atom stereocenters. The highest BCUT2D eigenvalue weighted by Crippen LogP contribution is 2.44. The van der Waals surface area contributed by atoms with Crippen LogP contribution in [0.2, 0.25) is 0 Å². The molecule has 0 saturated carbocycles. The van der Waals surface area contributed by atoms with E-state index >= 15 is 0 Å². The molecular formula is C17H19NO2. The first-order chi connectivity index (χ1) is 9.47. The Morgan fingerprint density at radius 3 is 2.65 bits per heavy atom. The fourth-order valence-electron chi connectivity index (χ4n) is 2.65. The molecule has 0 bridgehead atoms. The molecular weight excluding hydrogens is 250 g/mol. The maximum atomic E-state index is 9.83. The first-order valence-electron chi connectivity index (χ1n) is 6.81. The number of para-hydroxylation sites is 1. The molecule has 1 heterocycles. The van der Waals surface area contributed by atoms with Gasteiger partial charge >= 0.3 is 0 Å². The lowest BCUT2D eigenvalue weighted by atomic mass is 9.94. The van der Waals surface area contributed by atoms with Gasteiger partial charge in [-0.05, 0) is 38.5 Å². The van der Waals surface area contributed by atoms with Crippen LogP contribution in [0.25, 0.3) is 0 Å². The second kappa shape index (κ2) is 4.44. The molecule has 0 aromatic heterocycles. The summed E-state index contributed by atoms with van der Waals surface area (Å²) < 4.78 is 6.01. The molecule has 0 spiro atoms. The van der Waals surface area contributed by atoms with Gasteiger partial charge in [0.25, 0.3) is 0 Å². The first-order valence-corrected chi connectivity index (χ1v) is 6.81. The van der Waals surface area contributed by atoms with E-state index in [-0.39, 0.29) is 11.6 Å². The second-order valence-electron chi connectivity index (χ2n) is 5.82. The zero-order valence-electron chi connectivity index (χ0n) is 12.0. The number of phenols is 1. The lowest BCUT2D eigenvalue weighted by Crippen LogP contribution is -2.34. The van der Waals surface area contributed by atoms with E-state index in [0.717, 1.165) is 22.6 Å². The molecule has 3 nitrogen and oxygen atoms in total. The summed E-state index contributed by atoms with van der Waals surface area (Å²) in [7, 11) is 0. The fourth-order valence-corrected chi connectivity index (χ4v) is 2.65. The Morgan fingerprint density at radius 2 is 1.90 bits per heavy atom. The number of phenolic OH excluding ortho intramolecular Hbond substituents is 1. The SMILES string of the molecule is Cc1ccc(NC2c3ccccc3OC2(C)C)cc1O. The van der Waals surface area contributed by atoms with Crippen LogP contribution in [0.1, 0.15) is 31.0 Å². The molecule has 1 aliphatic heterocycles. The number of aromatic hydroxyl groups is 1.